The first-order valence-corrected chi connectivity index (χ1v) is 11.9. The SMILES string of the molecule is COc1ccc(C(C(=O)NCCC(C)C)N(C(=O)c2snc(C(N)=O)c2N)c2ccccc2)cc1. The van der Waals surface area contributed by atoms with Crippen LogP contribution in [0.2, 0.25) is 0 Å². The largest absolute Gasteiger partial charge is 0.497 e. The molecule has 35 heavy (non-hydrogen) atoms. The lowest BCUT2D eigenvalue weighted by Crippen LogP contribution is -2.44. The number of methoxy groups -OCH3 is 1. The van der Waals surface area contributed by atoms with Crippen LogP contribution < -0.4 is 26.4 Å². The number of nitrogens with two attached hydrogens (primary N) is 2. The van der Waals surface area contributed by atoms with Gasteiger partial charge in [-0.15, -0.1) is 0 Å². The number of para-hydroxylation sites is 1. The Morgan fingerprint density at radius 1 is 1.09 bits per heavy atom. The Morgan fingerprint density at radius 2 is 1.74 bits per heavy atom. The third kappa shape index (κ3) is 5.96. The van der Waals surface area contributed by atoms with Gasteiger partial charge in [-0.25, -0.2) is 0 Å². The van der Waals surface area contributed by atoms with E-state index >= 15 is 0 Å². The van der Waals surface area contributed by atoms with Crippen molar-refractivity contribution in [2.75, 3.05) is 24.3 Å². The number of carbonyl (C=O) groups excluding carboxylic acids is 3. The van der Waals surface area contributed by atoms with Gasteiger partial charge in [0.2, 0.25) is 5.91 Å². The molecule has 9 nitrogen and oxygen atoms in total. The fourth-order valence-electron chi connectivity index (χ4n) is 3.50. The fraction of sp³-hybridized carbons (Fsp3) is 0.280. The third-order valence-corrected chi connectivity index (χ3v) is 6.22. The number of nitrogen functional groups attached to an aromatic ring is 1. The number of hydrogen-bond acceptors (Lipinski definition) is 7. The maximum absolute atomic E-state index is 13.9. The molecule has 0 spiro atoms. The van der Waals surface area contributed by atoms with Crippen molar-refractivity contribution in [3.63, 3.8) is 0 Å². The highest BCUT2D eigenvalue weighted by Crippen LogP contribution is 2.33. The van der Waals surface area contributed by atoms with E-state index in [1.165, 1.54) is 4.90 Å². The molecule has 0 aliphatic carbocycles. The van der Waals surface area contributed by atoms with Crippen LogP contribution >= 0.6 is 11.5 Å². The Balaban J connectivity index is 2.12. The van der Waals surface area contributed by atoms with Gasteiger partial charge in [0.25, 0.3) is 11.8 Å². The molecular weight excluding hydrogens is 466 g/mol. The van der Waals surface area contributed by atoms with Crippen LogP contribution in [0.4, 0.5) is 11.4 Å². The van der Waals surface area contributed by atoms with Gasteiger partial charge in [0.05, 0.1) is 12.8 Å². The molecule has 1 unspecified atom stereocenters. The first kappa shape index (κ1) is 25.7. The summed E-state index contributed by atoms with van der Waals surface area (Å²) >= 11 is 0.769. The zero-order valence-corrected chi connectivity index (χ0v) is 20.7. The normalized spacial score (nSPS) is 11.7. The molecule has 10 heteroatoms. The standard InChI is InChI=1S/C25H29N5O4S/c1-15(2)13-14-28-24(32)21(16-9-11-18(34-3)12-10-16)30(17-7-5-4-6-8-17)25(33)22-19(26)20(23(27)31)29-35-22/h4-12,15,21H,13-14,26H2,1-3H3,(H2,27,31)(H,28,32). The molecule has 0 fully saturated rings. The van der Waals surface area contributed by atoms with Crippen molar-refractivity contribution in [1.82, 2.24) is 9.69 Å². The number of carbonyl (C=O) groups is 3. The van der Waals surface area contributed by atoms with Gasteiger partial charge in [-0.2, -0.15) is 4.37 Å². The van der Waals surface area contributed by atoms with Gasteiger partial charge in [0, 0.05) is 12.2 Å². The maximum atomic E-state index is 13.9. The van der Waals surface area contributed by atoms with Crippen molar-refractivity contribution >= 4 is 40.6 Å². The van der Waals surface area contributed by atoms with Crippen LogP contribution in [0, 0.1) is 5.92 Å². The molecule has 3 aromatic rings. The minimum atomic E-state index is -1.03. The average Bonchev–Trinajstić information content (AvgIpc) is 3.24. The number of aromatic nitrogens is 1. The lowest BCUT2D eigenvalue weighted by Gasteiger charge is -2.31. The molecule has 0 aliphatic rings. The van der Waals surface area contributed by atoms with Crippen LogP contribution in [-0.2, 0) is 4.79 Å². The second-order valence-corrected chi connectivity index (χ2v) is 9.07. The minimum Gasteiger partial charge on any atom is -0.497 e. The number of nitrogens with zero attached hydrogens (tertiary/aromatic N) is 2. The highest BCUT2D eigenvalue weighted by molar-refractivity contribution is 7.09. The monoisotopic (exact) mass is 495 g/mol. The predicted molar refractivity (Wildman–Crippen MR) is 136 cm³/mol. The Labute approximate surface area is 208 Å². The highest BCUT2D eigenvalue weighted by Gasteiger charge is 2.35. The Hall–Kier alpha value is -3.92. The molecule has 3 rings (SSSR count). The van der Waals surface area contributed by atoms with Gasteiger partial charge in [-0.1, -0.05) is 44.2 Å². The molecule has 1 heterocycles. The molecule has 184 valence electrons. The number of rotatable bonds is 10. The number of primary amides is 1. The van der Waals surface area contributed by atoms with Crippen molar-refractivity contribution in [2.45, 2.75) is 26.3 Å². The second kappa shape index (κ2) is 11.5. The zero-order valence-electron chi connectivity index (χ0n) is 19.9. The molecule has 2 aromatic carbocycles. The van der Waals surface area contributed by atoms with Gasteiger partial charge in [-0.3, -0.25) is 19.3 Å². The van der Waals surface area contributed by atoms with Crippen molar-refractivity contribution in [3.05, 3.63) is 70.7 Å². The van der Waals surface area contributed by atoms with Gasteiger partial charge in [0.15, 0.2) is 5.69 Å². The van der Waals surface area contributed by atoms with Gasteiger partial charge in [0.1, 0.15) is 16.7 Å². The van der Waals surface area contributed by atoms with Crippen LogP contribution in [-0.4, -0.2) is 35.7 Å². The summed E-state index contributed by atoms with van der Waals surface area (Å²) < 4.78 is 9.21. The van der Waals surface area contributed by atoms with Crippen molar-refractivity contribution in [1.29, 1.82) is 0 Å². The number of nitrogens with one attached hydrogen (secondary N) is 1. The highest BCUT2D eigenvalue weighted by atomic mass is 32.1. The Morgan fingerprint density at radius 3 is 2.29 bits per heavy atom. The first-order valence-electron chi connectivity index (χ1n) is 11.1. The van der Waals surface area contributed by atoms with E-state index in [0.717, 1.165) is 18.0 Å². The van der Waals surface area contributed by atoms with E-state index in [1.54, 1.807) is 55.6 Å². The van der Waals surface area contributed by atoms with Crippen molar-refractivity contribution < 1.29 is 19.1 Å². The number of amides is 3. The number of ether oxygens (including phenoxy) is 1. The maximum Gasteiger partial charge on any atom is 0.273 e. The molecule has 0 saturated carbocycles. The molecule has 0 saturated heterocycles. The summed E-state index contributed by atoms with van der Waals surface area (Å²) in [6, 6.07) is 14.7. The van der Waals surface area contributed by atoms with E-state index < -0.39 is 17.9 Å². The fourth-order valence-corrected chi connectivity index (χ4v) is 4.24. The summed E-state index contributed by atoms with van der Waals surface area (Å²) in [5, 5.41) is 2.95. The van der Waals surface area contributed by atoms with Crippen LogP contribution in [0.3, 0.4) is 0 Å². The van der Waals surface area contributed by atoms with Crippen molar-refractivity contribution in [2.24, 2.45) is 11.7 Å². The lowest BCUT2D eigenvalue weighted by atomic mass is 10.0. The summed E-state index contributed by atoms with van der Waals surface area (Å²) in [6.45, 7) is 4.58. The van der Waals surface area contributed by atoms with Crippen LogP contribution in [0.1, 0.15) is 52.0 Å². The second-order valence-electron chi connectivity index (χ2n) is 8.30. The van der Waals surface area contributed by atoms with E-state index in [9.17, 15) is 14.4 Å². The summed E-state index contributed by atoms with van der Waals surface area (Å²) in [5.41, 5.74) is 12.2. The molecule has 5 N–H and O–H groups in total. The van der Waals surface area contributed by atoms with E-state index in [-0.39, 0.29) is 22.2 Å². The molecular formula is C25H29N5O4S. The number of anilines is 2. The van der Waals surface area contributed by atoms with E-state index in [0.29, 0.717) is 29.5 Å². The van der Waals surface area contributed by atoms with E-state index in [4.69, 9.17) is 16.2 Å². The summed E-state index contributed by atoms with van der Waals surface area (Å²) in [6.07, 6.45) is 0.782. The lowest BCUT2D eigenvalue weighted by molar-refractivity contribution is -0.122. The van der Waals surface area contributed by atoms with E-state index in [1.807, 2.05) is 6.07 Å². The van der Waals surface area contributed by atoms with Crippen LogP contribution in [0.5, 0.6) is 5.75 Å². The molecule has 1 atom stereocenters. The molecule has 1 aromatic heterocycles. The summed E-state index contributed by atoms with van der Waals surface area (Å²) in [7, 11) is 1.55. The van der Waals surface area contributed by atoms with Gasteiger partial charge >= 0.3 is 0 Å². The summed E-state index contributed by atoms with van der Waals surface area (Å²) in [4.78, 5) is 40.5. The average molecular weight is 496 g/mol. The van der Waals surface area contributed by atoms with Crippen LogP contribution in [0.15, 0.2) is 54.6 Å². The van der Waals surface area contributed by atoms with Crippen LogP contribution in [0.25, 0.3) is 0 Å². The Kier molecular flexibility index (Phi) is 8.43. The molecule has 3 amide bonds. The van der Waals surface area contributed by atoms with Gasteiger partial charge in [-0.05, 0) is 53.7 Å². The Bertz CT molecular complexity index is 1180. The smallest absolute Gasteiger partial charge is 0.273 e. The van der Waals surface area contributed by atoms with E-state index in [2.05, 4.69) is 23.5 Å². The van der Waals surface area contributed by atoms with Gasteiger partial charge < -0.3 is 21.5 Å². The van der Waals surface area contributed by atoms with Crippen molar-refractivity contribution in [3.8, 4) is 5.75 Å². The minimum absolute atomic E-state index is 0.0242. The third-order valence-electron chi connectivity index (χ3n) is 5.37. The number of hydrogen-bond donors (Lipinski definition) is 3. The zero-order chi connectivity index (χ0) is 25.5. The molecule has 0 aliphatic heterocycles. The predicted octanol–water partition coefficient (Wildman–Crippen LogP) is 3.38. The number of benzene rings is 2. The topological polar surface area (TPSA) is 141 Å². The first-order chi connectivity index (χ1) is 16.7. The molecule has 0 bridgehead atoms. The summed E-state index contributed by atoms with van der Waals surface area (Å²) in [5.74, 6) is -0.749. The molecule has 0 radical (unpaired) electrons. The quantitative estimate of drug-likeness (QED) is 0.394.